The van der Waals surface area contributed by atoms with Gasteiger partial charge in [0.2, 0.25) is 0 Å². The van der Waals surface area contributed by atoms with Gasteiger partial charge in [-0.05, 0) is 43.7 Å². The monoisotopic (exact) mass is 349 g/mol. The Bertz CT molecular complexity index is 613. The van der Waals surface area contributed by atoms with Crippen molar-refractivity contribution < 1.29 is 9.47 Å². The van der Waals surface area contributed by atoms with Crippen molar-refractivity contribution in [2.45, 2.75) is 26.0 Å². The normalized spacial score (nSPS) is 13.6. The van der Waals surface area contributed by atoms with Gasteiger partial charge in [0.15, 0.2) is 0 Å². The lowest BCUT2D eigenvalue weighted by Crippen LogP contribution is -2.29. The van der Waals surface area contributed by atoms with E-state index < -0.39 is 0 Å². The largest absolute Gasteiger partial charge is 0.496 e. The molecule has 2 N–H and O–H groups in total. The number of methoxy groups -OCH3 is 1. The highest BCUT2D eigenvalue weighted by atomic mass is 79.9. The molecule has 2 aromatic rings. The number of para-hydroxylation sites is 1. The van der Waals surface area contributed by atoms with Crippen LogP contribution in [-0.2, 0) is 0 Å². The van der Waals surface area contributed by atoms with E-state index in [1.807, 2.05) is 56.3 Å². The third-order valence-corrected chi connectivity index (χ3v) is 4.21. The molecule has 0 bridgehead atoms. The van der Waals surface area contributed by atoms with Crippen LogP contribution >= 0.6 is 15.9 Å². The summed E-state index contributed by atoms with van der Waals surface area (Å²) in [6.07, 6.45) is -0.262. The van der Waals surface area contributed by atoms with Crippen molar-refractivity contribution in [3.63, 3.8) is 0 Å². The molecular weight excluding hydrogens is 330 g/mol. The van der Waals surface area contributed by atoms with Gasteiger partial charge in [0.1, 0.15) is 17.6 Å². The van der Waals surface area contributed by atoms with E-state index in [4.69, 9.17) is 15.2 Å². The molecule has 0 amide bonds. The lowest BCUT2D eigenvalue weighted by atomic mass is 10.0. The van der Waals surface area contributed by atoms with Crippen LogP contribution in [0.25, 0.3) is 0 Å². The topological polar surface area (TPSA) is 44.5 Å². The highest BCUT2D eigenvalue weighted by Crippen LogP contribution is 2.32. The van der Waals surface area contributed by atoms with Gasteiger partial charge >= 0.3 is 0 Å². The van der Waals surface area contributed by atoms with Gasteiger partial charge in [-0.2, -0.15) is 0 Å². The molecule has 21 heavy (non-hydrogen) atoms. The Morgan fingerprint density at radius 2 is 1.86 bits per heavy atom. The smallest absolute Gasteiger partial charge is 0.142 e. The standard InChI is InChI=1S/C17H20BrNO2/c1-11-10-13(8-9-15(11)18)21-17(12(2)19)14-6-4-5-7-16(14)20-3/h4-10,12,17H,19H2,1-3H3. The summed E-state index contributed by atoms with van der Waals surface area (Å²) in [5.74, 6) is 1.58. The molecule has 0 aliphatic carbocycles. The minimum atomic E-state index is -0.262. The summed E-state index contributed by atoms with van der Waals surface area (Å²) in [4.78, 5) is 0. The molecule has 0 aliphatic rings. The van der Waals surface area contributed by atoms with Crippen molar-refractivity contribution in [3.8, 4) is 11.5 Å². The molecule has 2 rings (SSSR count). The molecule has 2 atom stereocenters. The van der Waals surface area contributed by atoms with Gasteiger partial charge < -0.3 is 15.2 Å². The van der Waals surface area contributed by atoms with Gasteiger partial charge in [-0.15, -0.1) is 0 Å². The van der Waals surface area contributed by atoms with E-state index in [0.29, 0.717) is 0 Å². The molecule has 2 unspecified atom stereocenters. The van der Waals surface area contributed by atoms with E-state index in [-0.39, 0.29) is 12.1 Å². The molecular formula is C17H20BrNO2. The Morgan fingerprint density at radius 3 is 2.48 bits per heavy atom. The molecule has 0 saturated heterocycles. The van der Waals surface area contributed by atoms with Gasteiger partial charge in [-0.3, -0.25) is 0 Å². The van der Waals surface area contributed by atoms with Crippen LogP contribution in [0.2, 0.25) is 0 Å². The Kier molecular flexibility index (Phi) is 5.26. The average molecular weight is 350 g/mol. The lowest BCUT2D eigenvalue weighted by molar-refractivity contribution is 0.176. The summed E-state index contributed by atoms with van der Waals surface area (Å²) in [7, 11) is 1.65. The van der Waals surface area contributed by atoms with Crippen molar-refractivity contribution in [2.24, 2.45) is 5.73 Å². The zero-order chi connectivity index (χ0) is 15.4. The van der Waals surface area contributed by atoms with Crippen molar-refractivity contribution in [1.82, 2.24) is 0 Å². The maximum absolute atomic E-state index is 6.12. The number of rotatable bonds is 5. The zero-order valence-corrected chi connectivity index (χ0v) is 14.1. The van der Waals surface area contributed by atoms with Gasteiger partial charge in [-0.1, -0.05) is 34.1 Å². The SMILES string of the molecule is COc1ccccc1C(Oc1ccc(Br)c(C)c1)C(C)N. The molecule has 0 spiro atoms. The molecule has 112 valence electrons. The second-order valence-corrected chi connectivity index (χ2v) is 5.90. The van der Waals surface area contributed by atoms with Crippen LogP contribution in [-0.4, -0.2) is 13.2 Å². The molecule has 0 fully saturated rings. The number of benzene rings is 2. The van der Waals surface area contributed by atoms with Crippen molar-refractivity contribution >= 4 is 15.9 Å². The first-order chi connectivity index (χ1) is 10.0. The molecule has 2 aromatic carbocycles. The third-order valence-electron chi connectivity index (χ3n) is 3.32. The fraction of sp³-hybridized carbons (Fsp3) is 0.294. The van der Waals surface area contributed by atoms with Crippen LogP contribution in [0.5, 0.6) is 11.5 Å². The summed E-state index contributed by atoms with van der Waals surface area (Å²) < 4.78 is 12.6. The number of halogens is 1. The lowest BCUT2D eigenvalue weighted by Gasteiger charge is -2.24. The first kappa shape index (κ1) is 15.9. The molecule has 4 heteroatoms. The van der Waals surface area contributed by atoms with Crippen LogP contribution < -0.4 is 15.2 Å². The first-order valence-corrected chi connectivity index (χ1v) is 7.63. The number of aryl methyl sites for hydroxylation is 1. The van der Waals surface area contributed by atoms with Gasteiger partial charge in [-0.25, -0.2) is 0 Å². The van der Waals surface area contributed by atoms with E-state index in [9.17, 15) is 0 Å². The van der Waals surface area contributed by atoms with Crippen molar-refractivity contribution in [3.05, 3.63) is 58.1 Å². The van der Waals surface area contributed by atoms with E-state index in [0.717, 1.165) is 27.1 Å². The van der Waals surface area contributed by atoms with Crippen molar-refractivity contribution in [2.75, 3.05) is 7.11 Å². The third kappa shape index (κ3) is 3.77. The molecule has 0 heterocycles. The quantitative estimate of drug-likeness (QED) is 0.878. The van der Waals surface area contributed by atoms with Crippen LogP contribution in [0.15, 0.2) is 46.9 Å². The summed E-state index contributed by atoms with van der Waals surface area (Å²) in [6, 6.07) is 13.5. The predicted octanol–water partition coefficient (Wildman–Crippen LogP) is 4.23. The summed E-state index contributed by atoms with van der Waals surface area (Å²) >= 11 is 3.49. The highest BCUT2D eigenvalue weighted by Gasteiger charge is 2.22. The molecule has 3 nitrogen and oxygen atoms in total. The van der Waals surface area contributed by atoms with E-state index >= 15 is 0 Å². The number of hydrogen-bond donors (Lipinski definition) is 1. The average Bonchev–Trinajstić information content (AvgIpc) is 2.48. The fourth-order valence-corrected chi connectivity index (χ4v) is 2.44. The maximum Gasteiger partial charge on any atom is 0.142 e. The molecule has 0 radical (unpaired) electrons. The van der Waals surface area contributed by atoms with Crippen LogP contribution in [0.1, 0.15) is 24.2 Å². The fourth-order valence-electron chi connectivity index (χ4n) is 2.19. The maximum atomic E-state index is 6.12. The van der Waals surface area contributed by atoms with E-state index in [2.05, 4.69) is 15.9 Å². The van der Waals surface area contributed by atoms with Gasteiger partial charge in [0.25, 0.3) is 0 Å². The number of nitrogens with two attached hydrogens (primary N) is 1. The molecule has 0 aromatic heterocycles. The molecule has 0 saturated carbocycles. The minimum absolute atomic E-state index is 0.162. The van der Waals surface area contributed by atoms with Crippen LogP contribution in [0.3, 0.4) is 0 Å². The first-order valence-electron chi connectivity index (χ1n) is 6.84. The Labute approximate surface area is 134 Å². The summed E-state index contributed by atoms with van der Waals surface area (Å²) in [5.41, 5.74) is 8.19. The van der Waals surface area contributed by atoms with Gasteiger partial charge in [0.05, 0.1) is 7.11 Å². The summed E-state index contributed by atoms with van der Waals surface area (Å²) in [5, 5.41) is 0. The Balaban J connectivity index is 2.33. The predicted molar refractivity (Wildman–Crippen MR) is 88.9 cm³/mol. The highest BCUT2D eigenvalue weighted by molar-refractivity contribution is 9.10. The molecule has 0 aliphatic heterocycles. The van der Waals surface area contributed by atoms with E-state index in [1.165, 1.54) is 0 Å². The number of ether oxygens (including phenoxy) is 2. The second kappa shape index (κ2) is 6.96. The van der Waals surface area contributed by atoms with Gasteiger partial charge in [0, 0.05) is 16.1 Å². The Hall–Kier alpha value is -1.52. The summed E-state index contributed by atoms with van der Waals surface area (Å²) in [6.45, 7) is 3.96. The Morgan fingerprint density at radius 1 is 1.14 bits per heavy atom. The van der Waals surface area contributed by atoms with Crippen LogP contribution in [0.4, 0.5) is 0 Å². The minimum Gasteiger partial charge on any atom is -0.496 e. The van der Waals surface area contributed by atoms with Crippen LogP contribution in [0, 0.1) is 6.92 Å². The van der Waals surface area contributed by atoms with E-state index in [1.54, 1.807) is 7.11 Å². The number of hydrogen-bond acceptors (Lipinski definition) is 3. The zero-order valence-electron chi connectivity index (χ0n) is 12.5. The second-order valence-electron chi connectivity index (χ2n) is 5.05. The van der Waals surface area contributed by atoms with Crippen molar-refractivity contribution in [1.29, 1.82) is 0 Å².